The van der Waals surface area contributed by atoms with Crippen molar-refractivity contribution in [3.63, 3.8) is 0 Å². The summed E-state index contributed by atoms with van der Waals surface area (Å²) in [5.41, 5.74) is 1.56. The maximum atomic E-state index is 6.23. The standard InChI is InChI=1S/C18H20Cl2N4O2/c1-12-10-16(24-6-4-18(5-7-24)25-8-9-26-18)23-17(21-12)22-15-11-13(19)2-3-14(15)20/h2-3,10-11H,4-9H2,1H3,(H,21,22,23). The topological polar surface area (TPSA) is 59.5 Å². The van der Waals surface area contributed by atoms with Gasteiger partial charge in [0.1, 0.15) is 5.82 Å². The van der Waals surface area contributed by atoms with Gasteiger partial charge in [-0.05, 0) is 25.1 Å². The second-order valence-electron chi connectivity index (χ2n) is 6.53. The van der Waals surface area contributed by atoms with Gasteiger partial charge in [-0.3, -0.25) is 0 Å². The molecule has 0 aliphatic carbocycles. The molecule has 0 atom stereocenters. The van der Waals surface area contributed by atoms with Crippen LogP contribution in [-0.2, 0) is 9.47 Å². The molecule has 2 saturated heterocycles. The molecule has 1 spiro atoms. The smallest absolute Gasteiger partial charge is 0.229 e. The van der Waals surface area contributed by atoms with Crippen molar-refractivity contribution in [3.8, 4) is 0 Å². The Hall–Kier alpha value is -1.60. The highest BCUT2D eigenvalue weighted by Gasteiger charge is 2.40. The lowest BCUT2D eigenvalue weighted by Crippen LogP contribution is -2.45. The molecule has 0 bridgehead atoms. The van der Waals surface area contributed by atoms with E-state index in [9.17, 15) is 0 Å². The van der Waals surface area contributed by atoms with Crippen molar-refractivity contribution in [2.24, 2.45) is 0 Å². The Morgan fingerprint density at radius 3 is 2.54 bits per heavy atom. The second-order valence-corrected chi connectivity index (χ2v) is 7.38. The van der Waals surface area contributed by atoms with E-state index in [1.54, 1.807) is 18.2 Å². The van der Waals surface area contributed by atoms with Crippen molar-refractivity contribution < 1.29 is 9.47 Å². The molecule has 26 heavy (non-hydrogen) atoms. The van der Waals surface area contributed by atoms with Crippen LogP contribution in [0.3, 0.4) is 0 Å². The third kappa shape index (κ3) is 3.74. The molecule has 1 N–H and O–H groups in total. The van der Waals surface area contributed by atoms with Gasteiger partial charge >= 0.3 is 0 Å². The number of aryl methyl sites for hydroxylation is 1. The normalized spacial score (nSPS) is 19.1. The van der Waals surface area contributed by atoms with Gasteiger partial charge in [0.15, 0.2) is 5.79 Å². The molecule has 0 amide bonds. The summed E-state index contributed by atoms with van der Waals surface area (Å²) in [6, 6.07) is 7.23. The molecule has 2 aliphatic heterocycles. The Kier molecular flexibility index (Phi) is 4.92. The van der Waals surface area contributed by atoms with Gasteiger partial charge in [0.25, 0.3) is 0 Å². The van der Waals surface area contributed by atoms with E-state index >= 15 is 0 Å². The number of ether oxygens (including phenoxy) is 2. The van der Waals surface area contributed by atoms with E-state index in [1.807, 2.05) is 13.0 Å². The van der Waals surface area contributed by atoms with Gasteiger partial charge in [-0.25, -0.2) is 4.98 Å². The van der Waals surface area contributed by atoms with Gasteiger partial charge in [-0.15, -0.1) is 0 Å². The minimum Gasteiger partial charge on any atom is -0.356 e. The molecule has 1 aromatic heterocycles. The van der Waals surface area contributed by atoms with Crippen molar-refractivity contribution in [1.82, 2.24) is 9.97 Å². The van der Waals surface area contributed by atoms with E-state index in [0.29, 0.717) is 34.9 Å². The molecule has 6 nitrogen and oxygen atoms in total. The lowest BCUT2D eigenvalue weighted by molar-refractivity contribution is -0.169. The van der Waals surface area contributed by atoms with Crippen LogP contribution in [0.1, 0.15) is 18.5 Å². The first-order chi connectivity index (χ1) is 12.5. The Balaban J connectivity index is 1.52. The molecule has 0 radical (unpaired) electrons. The highest BCUT2D eigenvalue weighted by molar-refractivity contribution is 6.35. The molecule has 0 unspecified atom stereocenters. The van der Waals surface area contributed by atoms with E-state index in [0.717, 1.165) is 37.4 Å². The summed E-state index contributed by atoms with van der Waals surface area (Å²) in [4.78, 5) is 11.4. The van der Waals surface area contributed by atoms with Crippen LogP contribution in [0.5, 0.6) is 0 Å². The molecule has 0 saturated carbocycles. The predicted molar refractivity (Wildman–Crippen MR) is 103 cm³/mol. The third-order valence-electron chi connectivity index (χ3n) is 4.68. The zero-order valence-corrected chi connectivity index (χ0v) is 16.0. The first-order valence-corrected chi connectivity index (χ1v) is 9.39. The Morgan fingerprint density at radius 1 is 1.08 bits per heavy atom. The van der Waals surface area contributed by atoms with Crippen LogP contribution in [0.15, 0.2) is 24.3 Å². The summed E-state index contributed by atoms with van der Waals surface area (Å²) in [6.45, 7) is 4.97. The SMILES string of the molecule is Cc1cc(N2CCC3(CC2)OCCO3)nc(Nc2cc(Cl)ccc2Cl)n1. The third-order valence-corrected chi connectivity index (χ3v) is 5.24. The van der Waals surface area contributed by atoms with Crippen molar-refractivity contribution in [3.05, 3.63) is 40.0 Å². The fraction of sp³-hybridized carbons (Fsp3) is 0.444. The van der Waals surface area contributed by atoms with Crippen LogP contribution >= 0.6 is 23.2 Å². The number of piperidine rings is 1. The van der Waals surface area contributed by atoms with Gasteiger partial charge in [0, 0.05) is 42.7 Å². The zero-order chi connectivity index (χ0) is 18.1. The Bertz CT molecular complexity index is 802. The number of anilines is 3. The second kappa shape index (κ2) is 7.19. The summed E-state index contributed by atoms with van der Waals surface area (Å²) >= 11 is 12.3. The average Bonchev–Trinajstić information content (AvgIpc) is 3.06. The predicted octanol–water partition coefficient (Wildman–Crippen LogP) is 4.18. The number of nitrogens with one attached hydrogen (secondary N) is 1. The van der Waals surface area contributed by atoms with Gasteiger partial charge in [0.2, 0.25) is 5.95 Å². The largest absolute Gasteiger partial charge is 0.356 e. The highest BCUT2D eigenvalue weighted by Crippen LogP contribution is 2.33. The highest BCUT2D eigenvalue weighted by atomic mass is 35.5. The van der Waals surface area contributed by atoms with Crippen LogP contribution in [0.4, 0.5) is 17.5 Å². The molecular formula is C18H20Cl2N4O2. The van der Waals surface area contributed by atoms with Crippen LogP contribution < -0.4 is 10.2 Å². The van der Waals surface area contributed by atoms with E-state index in [2.05, 4.69) is 20.2 Å². The first-order valence-electron chi connectivity index (χ1n) is 8.64. The molecule has 8 heteroatoms. The number of hydrogen-bond acceptors (Lipinski definition) is 6. The lowest BCUT2D eigenvalue weighted by Gasteiger charge is -2.38. The lowest BCUT2D eigenvalue weighted by atomic mass is 10.0. The van der Waals surface area contributed by atoms with E-state index in [-0.39, 0.29) is 0 Å². The summed E-state index contributed by atoms with van der Waals surface area (Å²) in [5.74, 6) is 0.984. The molecule has 138 valence electrons. The average molecular weight is 395 g/mol. The number of nitrogens with zero attached hydrogens (tertiary/aromatic N) is 3. The fourth-order valence-electron chi connectivity index (χ4n) is 3.35. The van der Waals surface area contributed by atoms with Crippen molar-refractivity contribution >= 4 is 40.7 Å². The molecule has 1 aromatic carbocycles. The summed E-state index contributed by atoms with van der Waals surface area (Å²) in [5, 5.41) is 4.33. The van der Waals surface area contributed by atoms with Crippen molar-refractivity contribution in [2.45, 2.75) is 25.6 Å². The maximum absolute atomic E-state index is 6.23. The van der Waals surface area contributed by atoms with Crippen LogP contribution in [0.2, 0.25) is 10.0 Å². The Morgan fingerprint density at radius 2 is 1.81 bits per heavy atom. The molecule has 3 heterocycles. The van der Waals surface area contributed by atoms with Crippen LogP contribution in [0.25, 0.3) is 0 Å². The number of benzene rings is 1. The van der Waals surface area contributed by atoms with E-state index in [1.165, 1.54) is 0 Å². The van der Waals surface area contributed by atoms with Gasteiger partial charge in [-0.2, -0.15) is 4.98 Å². The quantitative estimate of drug-likeness (QED) is 0.842. The molecular weight excluding hydrogens is 375 g/mol. The van der Waals surface area contributed by atoms with E-state index in [4.69, 9.17) is 32.7 Å². The first kappa shape index (κ1) is 17.8. The fourth-order valence-corrected chi connectivity index (χ4v) is 3.68. The number of hydrogen-bond donors (Lipinski definition) is 1. The molecule has 2 aliphatic rings. The summed E-state index contributed by atoms with van der Waals surface area (Å²) in [6.07, 6.45) is 1.66. The number of aromatic nitrogens is 2. The van der Waals surface area contributed by atoms with Crippen molar-refractivity contribution in [2.75, 3.05) is 36.5 Å². The summed E-state index contributed by atoms with van der Waals surface area (Å²) in [7, 11) is 0. The van der Waals surface area contributed by atoms with Gasteiger partial charge in [0.05, 0.1) is 23.9 Å². The van der Waals surface area contributed by atoms with Crippen LogP contribution in [0, 0.1) is 6.92 Å². The Labute approximate surface area is 162 Å². The summed E-state index contributed by atoms with van der Waals surface area (Å²) < 4.78 is 11.6. The van der Waals surface area contributed by atoms with Gasteiger partial charge in [-0.1, -0.05) is 23.2 Å². The minimum atomic E-state index is -0.395. The van der Waals surface area contributed by atoms with Gasteiger partial charge < -0.3 is 19.7 Å². The number of halogens is 2. The monoisotopic (exact) mass is 394 g/mol. The molecule has 2 aromatic rings. The van der Waals surface area contributed by atoms with E-state index < -0.39 is 5.79 Å². The zero-order valence-electron chi connectivity index (χ0n) is 14.5. The molecule has 2 fully saturated rings. The molecule has 4 rings (SSSR count). The maximum Gasteiger partial charge on any atom is 0.229 e. The van der Waals surface area contributed by atoms with Crippen molar-refractivity contribution in [1.29, 1.82) is 0 Å². The minimum absolute atomic E-state index is 0.395. The van der Waals surface area contributed by atoms with Crippen LogP contribution in [-0.4, -0.2) is 42.1 Å². The number of rotatable bonds is 3.